The molecular weight excluding hydrogens is 160 g/mol. The highest BCUT2D eigenvalue weighted by molar-refractivity contribution is 4.41. The zero-order valence-electron chi connectivity index (χ0n) is 8.04. The molecule has 0 aromatic heterocycles. The van der Waals surface area contributed by atoms with Crippen LogP contribution in [0.5, 0.6) is 0 Å². The molecule has 12 heavy (non-hydrogen) atoms. The minimum atomic E-state index is 0.227. The number of ether oxygens (including phenoxy) is 4. The third-order valence-electron chi connectivity index (χ3n) is 1.34. The van der Waals surface area contributed by atoms with Gasteiger partial charge in [0.2, 0.25) is 0 Å². The van der Waals surface area contributed by atoms with Crippen molar-refractivity contribution in [2.24, 2.45) is 0 Å². The molecule has 1 saturated heterocycles. The van der Waals surface area contributed by atoms with Gasteiger partial charge in [0.05, 0.1) is 25.9 Å². The second-order valence-electron chi connectivity index (χ2n) is 2.44. The number of hydrogen-bond acceptors (Lipinski definition) is 4. The molecule has 0 N–H and O–H groups in total. The Morgan fingerprint density at radius 3 is 2.00 bits per heavy atom. The van der Waals surface area contributed by atoms with Crippen LogP contribution < -0.4 is 0 Å². The van der Waals surface area contributed by atoms with Crippen LogP contribution in [0.2, 0.25) is 0 Å². The highest BCUT2D eigenvalue weighted by Crippen LogP contribution is 1.86. The quantitative estimate of drug-likeness (QED) is 0.636. The molecular formula is C8H18O4. The van der Waals surface area contributed by atoms with Gasteiger partial charge in [-0.1, -0.05) is 0 Å². The van der Waals surface area contributed by atoms with Crippen LogP contribution in [0.15, 0.2) is 0 Å². The summed E-state index contributed by atoms with van der Waals surface area (Å²) in [5.74, 6) is 0. The predicted octanol–water partition coefficient (Wildman–Crippen LogP) is 0.658. The molecule has 0 saturated carbocycles. The van der Waals surface area contributed by atoms with Crippen LogP contribution in [0, 0.1) is 0 Å². The van der Waals surface area contributed by atoms with Crippen molar-refractivity contribution in [2.75, 3.05) is 40.8 Å². The van der Waals surface area contributed by atoms with Crippen LogP contribution >= 0.6 is 0 Å². The van der Waals surface area contributed by atoms with Crippen molar-refractivity contribution < 1.29 is 18.9 Å². The lowest BCUT2D eigenvalue weighted by Crippen LogP contribution is -2.11. The summed E-state index contributed by atoms with van der Waals surface area (Å²) < 4.78 is 19.1. The summed E-state index contributed by atoms with van der Waals surface area (Å²) in [6.45, 7) is 4.69. The van der Waals surface area contributed by atoms with Gasteiger partial charge in [0.25, 0.3) is 0 Å². The van der Waals surface area contributed by atoms with Crippen LogP contribution in [0.1, 0.15) is 6.92 Å². The number of rotatable bonds is 3. The molecule has 1 heterocycles. The first-order valence-electron chi connectivity index (χ1n) is 3.98. The van der Waals surface area contributed by atoms with Gasteiger partial charge < -0.3 is 18.9 Å². The Balaban J connectivity index is 0.000000211. The van der Waals surface area contributed by atoms with Crippen molar-refractivity contribution in [1.82, 2.24) is 0 Å². The van der Waals surface area contributed by atoms with E-state index >= 15 is 0 Å². The molecule has 1 aliphatic heterocycles. The minimum Gasteiger partial charge on any atom is -0.382 e. The van der Waals surface area contributed by atoms with Crippen LogP contribution in [-0.2, 0) is 18.9 Å². The van der Waals surface area contributed by atoms with E-state index in [9.17, 15) is 0 Å². The summed E-state index contributed by atoms with van der Waals surface area (Å²) >= 11 is 0. The first kappa shape index (κ1) is 11.8. The Kier molecular flexibility index (Phi) is 8.81. The van der Waals surface area contributed by atoms with Crippen LogP contribution in [-0.4, -0.2) is 46.9 Å². The Morgan fingerprint density at radius 1 is 1.25 bits per heavy atom. The van der Waals surface area contributed by atoms with Gasteiger partial charge in [-0.05, 0) is 6.92 Å². The zero-order valence-corrected chi connectivity index (χ0v) is 8.04. The van der Waals surface area contributed by atoms with Crippen molar-refractivity contribution in [3.8, 4) is 0 Å². The van der Waals surface area contributed by atoms with Gasteiger partial charge in [0.1, 0.15) is 6.79 Å². The smallest absolute Gasteiger partial charge is 0.146 e. The summed E-state index contributed by atoms with van der Waals surface area (Å²) in [5, 5.41) is 0. The minimum absolute atomic E-state index is 0.227. The van der Waals surface area contributed by atoms with E-state index < -0.39 is 0 Å². The molecule has 74 valence electrons. The maximum atomic E-state index is 4.87. The molecule has 1 rings (SSSR count). The SMILES string of the molecule is C1COCO1.COCC(C)OC. The largest absolute Gasteiger partial charge is 0.382 e. The van der Waals surface area contributed by atoms with Gasteiger partial charge in [-0.2, -0.15) is 0 Å². The van der Waals surface area contributed by atoms with E-state index in [1.807, 2.05) is 6.92 Å². The maximum Gasteiger partial charge on any atom is 0.146 e. The lowest BCUT2D eigenvalue weighted by atomic mass is 10.4. The highest BCUT2D eigenvalue weighted by Gasteiger charge is 1.94. The number of hydrogen-bond donors (Lipinski definition) is 0. The second-order valence-corrected chi connectivity index (χ2v) is 2.44. The molecule has 0 aromatic carbocycles. The fourth-order valence-electron chi connectivity index (χ4n) is 0.597. The molecule has 0 aliphatic carbocycles. The van der Waals surface area contributed by atoms with Gasteiger partial charge in [-0.25, -0.2) is 0 Å². The topological polar surface area (TPSA) is 36.9 Å². The van der Waals surface area contributed by atoms with E-state index in [0.717, 1.165) is 13.2 Å². The normalized spacial score (nSPS) is 18.2. The van der Waals surface area contributed by atoms with Crippen molar-refractivity contribution in [1.29, 1.82) is 0 Å². The van der Waals surface area contributed by atoms with E-state index in [1.54, 1.807) is 14.2 Å². The van der Waals surface area contributed by atoms with Crippen LogP contribution in [0.4, 0.5) is 0 Å². The van der Waals surface area contributed by atoms with E-state index in [0.29, 0.717) is 13.4 Å². The third-order valence-corrected chi connectivity index (χ3v) is 1.34. The summed E-state index contributed by atoms with van der Waals surface area (Å²) in [6.07, 6.45) is 0.227. The lowest BCUT2D eigenvalue weighted by molar-refractivity contribution is 0.0401. The van der Waals surface area contributed by atoms with Gasteiger partial charge in [0, 0.05) is 14.2 Å². The molecule has 1 aliphatic rings. The first-order chi connectivity index (χ1) is 5.81. The third kappa shape index (κ3) is 7.94. The molecule has 1 fully saturated rings. The van der Waals surface area contributed by atoms with Gasteiger partial charge in [0.15, 0.2) is 0 Å². The fourth-order valence-corrected chi connectivity index (χ4v) is 0.597. The average Bonchev–Trinajstić information content (AvgIpc) is 2.62. The summed E-state index contributed by atoms with van der Waals surface area (Å²) in [4.78, 5) is 0. The molecule has 4 heteroatoms. The van der Waals surface area contributed by atoms with E-state index in [-0.39, 0.29) is 6.10 Å². The molecule has 0 radical (unpaired) electrons. The maximum absolute atomic E-state index is 4.87. The van der Waals surface area contributed by atoms with Crippen LogP contribution in [0.3, 0.4) is 0 Å². The summed E-state index contributed by atoms with van der Waals surface area (Å²) in [7, 11) is 3.33. The average molecular weight is 178 g/mol. The Hall–Kier alpha value is -0.160. The standard InChI is InChI=1S/C5H12O2.C3H6O2/c1-5(7-3)4-6-2;1-2-5-3-4-1/h5H,4H2,1-3H3;1-3H2. The molecule has 0 amide bonds. The van der Waals surface area contributed by atoms with Gasteiger partial charge in [-0.3, -0.25) is 0 Å². The zero-order chi connectivity index (χ0) is 9.23. The van der Waals surface area contributed by atoms with Crippen molar-refractivity contribution in [3.63, 3.8) is 0 Å². The molecule has 0 aromatic rings. The second kappa shape index (κ2) is 8.93. The van der Waals surface area contributed by atoms with Crippen molar-refractivity contribution >= 4 is 0 Å². The van der Waals surface area contributed by atoms with E-state index in [4.69, 9.17) is 18.9 Å². The molecule has 1 atom stereocenters. The Labute approximate surface area is 73.7 Å². The summed E-state index contributed by atoms with van der Waals surface area (Å²) in [6, 6.07) is 0. The Morgan fingerprint density at radius 2 is 1.83 bits per heavy atom. The molecule has 0 bridgehead atoms. The lowest BCUT2D eigenvalue weighted by Gasteiger charge is -2.05. The van der Waals surface area contributed by atoms with E-state index in [1.165, 1.54) is 0 Å². The fraction of sp³-hybridized carbons (Fsp3) is 1.00. The van der Waals surface area contributed by atoms with Crippen LogP contribution in [0.25, 0.3) is 0 Å². The molecule has 4 nitrogen and oxygen atoms in total. The van der Waals surface area contributed by atoms with Crippen molar-refractivity contribution in [3.05, 3.63) is 0 Å². The Bertz CT molecular complexity index is 75.5. The highest BCUT2D eigenvalue weighted by atomic mass is 16.7. The first-order valence-corrected chi connectivity index (χ1v) is 3.98. The predicted molar refractivity (Wildman–Crippen MR) is 45.1 cm³/mol. The van der Waals surface area contributed by atoms with E-state index in [2.05, 4.69) is 0 Å². The molecule has 1 unspecified atom stereocenters. The van der Waals surface area contributed by atoms with Crippen molar-refractivity contribution in [2.45, 2.75) is 13.0 Å². The number of methoxy groups -OCH3 is 2. The summed E-state index contributed by atoms with van der Waals surface area (Å²) in [5.41, 5.74) is 0. The molecule has 0 spiro atoms. The van der Waals surface area contributed by atoms with Gasteiger partial charge in [-0.15, -0.1) is 0 Å². The monoisotopic (exact) mass is 178 g/mol. The van der Waals surface area contributed by atoms with Gasteiger partial charge >= 0.3 is 0 Å².